The Morgan fingerprint density at radius 3 is 2.79 bits per heavy atom. The molecule has 0 saturated carbocycles. The van der Waals surface area contributed by atoms with Crippen molar-refractivity contribution in [2.24, 2.45) is 0 Å². The molecule has 0 spiro atoms. The molecule has 2 saturated heterocycles. The molecule has 0 aliphatic carbocycles. The number of methoxy groups -OCH3 is 1. The van der Waals surface area contributed by atoms with Crippen LogP contribution in [0.15, 0.2) is 24.3 Å². The first-order valence-corrected chi connectivity index (χ1v) is 10.5. The second kappa shape index (κ2) is 8.87. The maximum absolute atomic E-state index is 6.05. The first-order valence-electron chi connectivity index (χ1n) is 10.1. The maximum Gasteiger partial charge on any atom is 0.246 e. The monoisotopic (exact) mass is 420 g/mol. The van der Waals surface area contributed by atoms with E-state index in [1.165, 1.54) is 5.56 Å². The van der Waals surface area contributed by atoms with Gasteiger partial charge in [-0.05, 0) is 37.5 Å². The number of anilines is 2. The Hall–Kier alpha value is -1.87. The minimum absolute atomic E-state index is 0.0569. The molecule has 0 amide bonds. The molecular weight excluding hydrogens is 392 g/mol. The van der Waals surface area contributed by atoms with E-state index in [0.29, 0.717) is 24.0 Å². The molecule has 3 heterocycles. The summed E-state index contributed by atoms with van der Waals surface area (Å²) in [7, 11) is 1.78. The summed E-state index contributed by atoms with van der Waals surface area (Å²) in [6, 6.07) is 8.72. The number of nitrogens with one attached hydrogen (secondary N) is 1. The van der Waals surface area contributed by atoms with Crippen molar-refractivity contribution < 1.29 is 9.47 Å². The summed E-state index contributed by atoms with van der Waals surface area (Å²) >= 11 is 6.05. The van der Waals surface area contributed by atoms with Crippen molar-refractivity contribution in [2.45, 2.75) is 44.1 Å². The molecular formula is C20H29ClN6O2. The number of hydrogen-bond donors (Lipinski definition) is 2. The van der Waals surface area contributed by atoms with Gasteiger partial charge in [0.25, 0.3) is 0 Å². The van der Waals surface area contributed by atoms with E-state index >= 15 is 0 Å². The molecule has 9 heteroatoms. The number of aromatic nitrogens is 3. The third kappa shape index (κ3) is 4.66. The highest BCUT2D eigenvalue weighted by Crippen LogP contribution is 2.28. The van der Waals surface area contributed by atoms with Crippen LogP contribution in [0.3, 0.4) is 0 Å². The summed E-state index contributed by atoms with van der Waals surface area (Å²) in [5.41, 5.74) is 6.96. The van der Waals surface area contributed by atoms with E-state index in [-0.39, 0.29) is 12.2 Å². The molecule has 2 aliphatic heterocycles. The molecule has 8 nitrogen and oxygen atoms in total. The lowest BCUT2D eigenvalue weighted by Crippen LogP contribution is -2.62. The smallest absolute Gasteiger partial charge is 0.246 e. The number of benzene rings is 1. The quantitative estimate of drug-likeness (QED) is 0.763. The third-order valence-electron chi connectivity index (χ3n) is 5.92. The van der Waals surface area contributed by atoms with Crippen molar-refractivity contribution in [3.63, 3.8) is 0 Å². The van der Waals surface area contributed by atoms with Gasteiger partial charge in [-0.1, -0.05) is 23.7 Å². The number of hydrogen-bond acceptors (Lipinski definition) is 7. The Bertz CT molecular complexity index is 801. The predicted molar refractivity (Wildman–Crippen MR) is 113 cm³/mol. The SMILES string of the molecule is CO[C@@H]1CN(c2n[nH]c(N)n2)CCC1N1CC(C)OCC1Cc1ccc(Cl)cc1. The van der Waals surface area contributed by atoms with E-state index in [4.69, 9.17) is 26.8 Å². The van der Waals surface area contributed by atoms with Crippen LogP contribution >= 0.6 is 11.6 Å². The van der Waals surface area contributed by atoms with Crippen LogP contribution < -0.4 is 10.6 Å². The van der Waals surface area contributed by atoms with Gasteiger partial charge in [-0.15, -0.1) is 5.10 Å². The highest BCUT2D eigenvalue weighted by atomic mass is 35.5. The second-order valence-electron chi connectivity index (χ2n) is 7.92. The molecule has 1 aromatic heterocycles. The lowest BCUT2D eigenvalue weighted by atomic mass is 9.94. The number of H-pyrrole nitrogens is 1. The van der Waals surface area contributed by atoms with Gasteiger partial charge in [-0.3, -0.25) is 4.90 Å². The zero-order valence-electron chi connectivity index (χ0n) is 16.9. The number of piperidine rings is 1. The lowest BCUT2D eigenvalue weighted by Gasteiger charge is -2.48. The predicted octanol–water partition coefficient (Wildman–Crippen LogP) is 1.97. The molecule has 2 aromatic rings. The van der Waals surface area contributed by atoms with Gasteiger partial charge in [0.2, 0.25) is 11.9 Å². The number of rotatable bonds is 5. The molecule has 29 heavy (non-hydrogen) atoms. The molecule has 1 aromatic carbocycles. The molecule has 0 bridgehead atoms. The molecule has 158 valence electrons. The summed E-state index contributed by atoms with van der Waals surface area (Å²) in [5.74, 6) is 0.970. The molecule has 3 N–H and O–H groups in total. The fourth-order valence-corrected chi connectivity index (χ4v) is 4.57. The Balaban J connectivity index is 1.49. The minimum atomic E-state index is 0.0569. The fraction of sp³-hybridized carbons (Fsp3) is 0.600. The molecule has 4 atom stereocenters. The first kappa shape index (κ1) is 20.4. The van der Waals surface area contributed by atoms with Gasteiger partial charge in [0.1, 0.15) is 0 Å². The van der Waals surface area contributed by atoms with E-state index in [1.807, 2.05) is 12.1 Å². The standard InChI is InChI=1S/C20H29ClN6O2/c1-13-10-27(16(12-29-13)9-14-3-5-15(21)6-4-14)17-7-8-26(11-18(17)28-2)20-23-19(22)24-25-20/h3-6,13,16-18H,7-12H2,1-2H3,(H3,22,23,24,25)/t13?,16?,17?,18-/m1/s1. The number of morpholine rings is 1. The van der Waals surface area contributed by atoms with E-state index in [9.17, 15) is 0 Å². The van der Waals surface area contributed by atoms with Crippen LogP contribution in [0.25, 0.3) is 0 Å². The Kier molecular flexibility index (Phi) is 6.24. The number of ether oxygens (including phenoxy) is 2. The Morgan fingerprint density at radius 1 is 1.31 bits per heavy atom. The Morgan fingerprint density at radius 2 is 2.10 bits per heavy atom. The summed E-state index contributed by atoms with van der Waals surface area (Å²) in [4.78, 5) is 8.99. The third-order valence-corrected chi connectivity index (χ3v) is 6.17. The van der Waals surface area contributed by atoms with Crippen LogP contribution in [0, 0.1) is 0 Å². The highest BCUT2D eigenvalue weighted by Gasteiger charge is 2.40. The van der Waals surface area contributed by atoms with Crippen molar-refractivity contribution in [2.75, 3.05) is 44.0 Å². The van der Waals surface area contributed by atoms with Crippen LogP contribution in [0.2, 0.25) is 5.02 Å². The van der Waals surface area contributed by atoms with Gasteiger partial charge in [0.15, 0.2) is 0 Å². The van der Waals surface area contributed by atoms with Gasteiger partial charge < -0.3 is 20.1 Å². The lowest BCUT2D eigenvalue weighted by molar-refractivity contribution is -0.101. The zero-order chi connectivity index (χ0) is 20.4. The van der Waals surface area contributed by atoms with Crippen molar-refractivity contribution >= 4 is 23.5 Å². The van der Waals surface area contributed by atoms with Crippen molar-refractivity contribution in [1.82, 2.24) is 20.1 Å². The topological polar surface area (TPSA) is 92.5 Å². The average molecular weight is 421 g/mol. The molecule has 0 radical (unpaired) electrons. The number of nitrogen functional groups attached to an aromatic ring is 1. The fourth-order valence-electron chi connectivity index (χ4n) is 4.45. The van der Waals surface area contributed by atoms with E-state index in [1.54, 1.807) is 7.11 Å². The minimum Gasteiger partial charge on any atom is -0.378 e. The van der Waals surface area contributed by atoms with Crippen LogP contribution in [0.4, 0.5) is 11.9 Å². The Labute approximate surface area is 176 Å². The first-order chi connectivity index (χ1) is 14.0. The van der Waals surface area contributed by atoms with Gasteiger partial charge in [0, 0.05) is 43.9 Å². The number of halogens is 1. The van der Waals surface area contributed by atoms with E-state index in [2.05, 4.69) is 44.0 Å². The second-order valence-corrected chi connectivity index (χ2v) is 8.36. The largest absolute Gasteiger partial charge is 0.378 e. The van der Waals surface area contributed by atoms with Gasteiger partial charge in [-0.2, -0.15) is 4.98 Å². The van der Waals surface area contributed by atoms with Crippen molar-refractivity contribution in [3.05, 3.63) is 34.9 Å². The van der Waals surface area contributed by atoms with E-state index in [0.717, 1.165) is 44.1 Å². The van der Waals surface area contributed by atoms with Crippen LogP contribution in [-0.2, 0) is 15.9 Å². The van der Waals surface area contributed by atoms with Crippen molar-refractivity contribution in [3.8, 4) is 0 Å². The summed E-state index contributed by atoms with van der Waals surface area (Å²) in [6.45, 7) is 5.35. The molecule has 2 aliphatic rings. The van der Waals surface area contributed by atoms with Gasteiger partial charge >= 0.3 is 0 Å². The normalized spacial score (nSPS) is 28.6. The molecule has 3 unspecified atom stereocenters. The van der Waals surface area contributed by atoms with Gasteiger partial charge in [0.05, 0.1) is 18.8 Å². The number of aromatic amines is 1. The highest BCUT2D eigenvalue weighted by molar-refractivity contribution is 6.30. The summed E-state index contributed by atoms with van der Waals surface area (Å²) in [5, 5.41) is 7.68. The van der Waals surface area contributed by atoms with Crippen molar-refractivity contribution in [1.29, 1.82) is 0 Å². The van der Waals surface area contributed by atoms with Crippen LogP contribution in [-0.4, -0.2) is 77.7 Å². The van der Waals surface area contributed by atoms with Gasteiger partial charge in [-0.25, -0.2) is 5.10 Å². The maximum atomic E-state index is 6.05. The average Bonchev–Trinajstić information content (AvgIpc) is 3.17. The molecule has 4 rings (SSSR count). The zero-order valence-corrected chi connectivity index (χ0v) is 17.7. The van der Waals surface area contributed by atoms with Crippen LogP contribution in [0.5, 0.6) is 0 Å². The number of nitrogens with zero attached hydrogens (tertiary/aromatic N) is 4. The summed E-state index contributed by atoms with van der Waals surface area (Å²) in [6.07, 6.45) is 2.16. The molecule has 2 fully saturated rings. The van der Waals surface area contributed by atoms with E-state index < -0.39 is 0 Å². The summed E-state index contributed by atoms with van der Waals surface area (Å²) < 4.78 is 11.9. The van der Waals surface area contributed by atoms with Crippen LogP contribution in [0.1, 0.15) is 18.9 Å². The number of nitrogens with two attached hydrogens (primary N) is 1.